The molecule has 2 aliphatic heterocycles. The average Bonchev–Trinajstić information content (AvgIpc) is 2.94. The normalized spacial score (nSPS) is 24.2. The topological polar surface area (TPSA) is 87.5 Å². The first-order valence-corrected chi connectivity index (χ1v) is 7.52. The van der Waals surface area contributed by atoms with E-state index in [-0.39, 0.29) is 12.4 Å². The first-order chi connectivity index (χ1) is 11.2. The van der Waals surface area contributed by atoms with Crippen molar-refractivity contribution >= 4 is 11.7 Å². The monoisotopic (exact) mass is 320 g/mol. The molecule has 0 saturated carbocycles. The third kappa shape index (κ3) is 3.38. The van der Waals surface area contributed by atoms with Gasteiger partial charge in [0.15, 0.2) is 0 Å². The van der Waals surface area contributed by atoms with Crippen molar-refractivity contribution in [3.8, 4) is 0 Å². The molecule has 2 fully saturated rings. The molecule has 0 bridgehead atoms. The number of esters is 1. The van der Waals surface area contributed by atoms with Crippen LogP contribution in [0, 0.1) is 5.82 Å². The highest BCUT2D eigenvalue weighted by Crippen LogP contribution is 2.33. The Balaban J connectivity index is 1.74. The Morgan fingerprint density at radius 2 is 2.17 bits per heavy atom. The maximum atomic E-state index is 14.4. The standard InChI is InChI=1S/C15H17FN4O3/c16-13-7-10(1-2-14(13)20-3-5-22-6-4-20)12-8-11(9-18-19-17)23-15(12)21/h1-2,7,11-12H,3-6,8-9H2/t11?,12-/m1/s1. The largest absolute Gasteiger partial charge is 0.462 e. The van der Waals surface area contributed by atoms with E-state index < -0.39 is 18.0 Å². The fourth-order valence-electron chi connectivity index (χ4n) is 2.97. The number of carbonyl (C=O) groups is 1. The van der Waals surface area contributed by atoms with Crippen molar-refractivity contribution in [3.05, 3.63) is 40.0 Å². The number of hydrogen-bond acceptors (Lipinski definition) is 5. The second-order valence-electron chi connectivity index (χ2n) is 5.57. The van der Waals surface area contributed by atoms with Gasteiger partial charge in [0.25, 0.3) is 0 Å². The van der Waals surface area contributed by atoms with Crippen LogP contribution in [0.15, 0.2) is 23.3 Å². The van der Waals surface area contributed by atoms with Gasteiger partial charge < -0.3 is 14.4 Å². The number of benzene rings is 1. The third-order valence-corrected chi connectivity index (χ3v) is 4.14. The highest BCUT2D eigenvalue weighted by molar-refractivity contribution is 5.80. The lowest BCUT2D eigenvalue weighted by atomic mass is 9.95. The van der Waals surface area contributed by atoms with Crippen LogP contribution in [0.4, 0.5) is 10.1 Å². The fourth-order valence-corrected chi connectivity index (χ4v) is 2.97. The highest BCUT2D eigenvalue weighted by atomic mass is 19.1. The van der Waals surface area contributed by atoms with Gasteiger partial charge in [-0.05, 0) is 23.2 Å². The van der Waals surface area contributed by atoms with E-state index in [1.54, 1.807) is 12.1 Å². The minimum atomic E-state index is -0.512. The van der Waals surface area contributed by atoms with E-state index in [2.05, 4.69) is 10.0 Å². The lowest BCUT2D eigenvalue weighted by Crippen LogP contribution is -2.36. The Bertz CT molecular complexity index is 642. The molecular weight excluding hydrogens is 303 g/mol. The van der Waals surface area contributed by atoms with Crippen LogP contribution in [-0.4, -0.2) is 44.9 Å². The summed E-state index contributed by atoms with van der Waals surface area (Å²) in [5.74, 6) is -1.26. The van der Waals surface area contributed by atoms with Crippen molar-refractivity contribution in [1.29, 1.82) is 0 Å². The molecule has 8 heteroatoms. The maximum Gasteiger partial charge on any atom is 0.313 e. The number of rotatable bonds is 4. The van der Waals surface area contributed by atoms with Gasteiger partial charge in [0.05, 0.1) is 31.4 Å². The number of halogens is 1. The summed E-state index contributed by atoms with van der Waals surface area (Å²) in [6.07, 6.45) is -0.0424. The molecule has 1 aromatic carbocycles. The van der Waals surface area contributed by atoms with Crippen LogP contribution < -0.4 is 4.90 Å². The van der Waals surface area contributed by atoms with Gasteiger partial charge in [-0.15, -0.1) is 0 Å². The van der Waals surface area contributed by atoms with Gasteiger partial charge in [-0.1, -0.05) is 11.2 Å². The van der Waals surface area contributed by atoms with E-state index >= 15 is 0 Å². The summed E-state index contributed by atoms with van der Waals surface area (Å²) >= 11 is 0. The van der Waals surface area contributed by atoms with Crippen LogP contribution in [0.3, 0.4) is 0 Å². The van der Waals surface area contributed by atoms with E-state index in [9.17, 15) is 9.18 Å². The molecular formula is C15H17FN4O3. The summed E-state index contributed by atoms with van der Waals surface area (Å²) in [6, 6.07) is 4.85. The Labute approximate surface area is 132 Å². The summed E-state index contributed by atoms with van der Waals surface area (Å²) < 4.78 is 24.8. The zero-order valence-electron chi connectivity index (χ0n) is 12.5. The van der Waals surface area contributed by atoms with Crippen LogP contribution in [0.2, 0.25) is 0 Å². The van der Waals surface area contributed by atoms with Gasteiger partial charge in [0.2, 0.25) is 0 Å². The molecule has 23 heavy (non-hydrogen) atoms. The summed E-state index contributed by atoms with van der Waals surface area (Å²) in [7, 11) is 0. The van der Waals surface area contributed by atoms with Crippen molar-refractivity contribution in [3.63, 3.8) is 0 Å². The maximum absolute atomic E-state index is 14.4. The van der Waals surface area contributed by atoms with Crippen molar-refractivity contribution in [2.45, 2.75) is 18.4 Å². The predicted molar refractivity (Wildman–Crippen MR) is 80.7 cm³/mol. The first kappa shape index (κ1) is 15.6. The van der Waals surface area contributed by atoms with Crippen molar-refractivity contribution in [1.82, 2.24) is 0 Å². The molecule has 0 N–H and O–H groups in total. The lowest BCUT2D eigenvalue weighted by Gasteiger charge is -2.29. The van der Waals surface area contributed by atoms with E-state index in [4.69, 9.17) is 15.0 Å². The molecule has 2 heterocycles. The summed E-state index contributed by atoms with van der Waals surface area (Å²) in [4.78, 5) is 16.5. The van der Waals surface area contributed by atoms with Gasteiger partial charge in [-0.25, -0.2) is 4.39 Å². The molecule has 7 nitrogen and oxygen atoms in total. The van der Waals surface area contributed by atoms with Crippen molar-refractivity contribution in [2.24, 2.45) is 5.11 Å². The Morgan fingerprint density at radius 3 is 2.87 bits per heavy atom. The number of hydrogen-bond donors (Lipinski definition) is 0. The van der Waals surface area contributed by atoms with Crippen LogP contribution in [0.5, 0.6) is 0 Å². The predicted octanol–water partition coefficient (Wildman–Crippen LogP) is 2.37. The molecule has 122 valence electrons. The van der Waals surface area contributed by atoms with Gasteiger partial charge >= 0.3 is 5.97 Å². The molecule has 1 unspecified atom stereocenters. The van der Waals surface area contributed by atoms with Crippen LogP contribution >= 0.6 is 0 Å². The molecule has 2 saturated heterocycles. The molecule has 0 aliphatic carbocycles. The van der Waals surface area contributed by atoms with Gasteiger partial charge in [-0.3, -0.25) is 4.79 Å². The number of ether oxygens (including phenoxy) is 2. The zero-order valence-corrected chi connectivity index (χ0v) is 12.5. The van der Waals surface area contributed by atoms with Crippen LogP contribution in [0.1, 0.15) is 17.9 Å². The minimum Gasteiger partial charge on any atom is -0.462 e. The smallest absolute Gasteiger partial charge is 0.313 e. The molecule has 0 radical (unpaired) electrons. The Morgan fingerprint density at radius 1 is 1.39 bits per heavy atom. The van der Waals surface area contributed by atoms with Crippen molar-refractivity contribution in [2.75, 3.05) is 37.7 Å². The molecule has 0 amide bonds. The third-order valence-electron chi connectivity index (χ3n) is 4.14. The minimum absolute atomic E-state index is 0.104. The molecule has 0 spiro atoms. The van der Waals surface area contributed by atoms with E-state index in [1.165, 1.54) is 6.07 Å². The number of cyclic esters (lactones) is 1. The Kier molecular flexibility index (Phi) is 4.64. The molecule has 2 aliphatic rings. The second-order valence-corrected chi connectivity index (χ2v) is 5.57. The lowest BCUT2D eigenvalue weighted by molar-refractivity contribution is -0.142. The summed E-state index contributed by atoms with van der Waals surface area (Å²) in [6.45, 7) is 2.56. The summed E-state index contributed by atoms with van der Waals surface area (Å²) in [5, 5.41) is 3.42. The zero-order chi connectivity index (χ0) is 16.2. The first-order valence-electron chi connectivity index (χ1n) is 7.52. The number of morpholine rings is 1. The van der Waals surface area contributed by atoms with Crippen LogP contribution in [0.25, 0.3) is 10.4 Å². The average molecular weight is 320 g/mol. The number of azide groups is 1. The number of carbonyl (C=O) groups excluding carboxylic acids is 1. The molecule has 0 aromatic heterocycles. The molecule has 2 atom stereocenters. The van der Waals surface area contributed by atoms with Gasteiger partial charge in [-0.2, -0.15) is 0 Å². The highest BCUT2D eigenvalue weighted by Gasteiger charge is 2.35. The fraction of sp³-hybridized carbons (Fsp3) is 0.533. The number of nitrogens with zero attached hydrogens (tertiary/aromatic N) is 4. The van der Waals surface area contributed by atoms with Gasteiger partial charge in [0, 0.05) is 24.4 Å². The van der Waals surface area contributed by atoms with E-state index in [0.29, 0.717) is 44.0 Å². The van der Waals surface area contributed by atoms with E-state index in [0.717, 1.165) is 0 Å². The molecule has 3 rings (SSSR count). The number of anilines is 1. The SMILES string of the molecule is [N-]=[N+]=NCC1C[C@H](c2ccc(N3CCOCC3)c(F)c2)C(=O)O1. The van der Waals surface area contributed by atoms with Crippen LogP contribution in [-0.2, 0) is 14.3 Å². The quantitative estimate of drug-likeness (QED) is 0.369. The van der Waals surface area contributed by atoms with Crippen molar-refractivity contribution < 1.29 is 18.7 Å². The molecule has 1 aromatic rings. The van der Waals surface area contributed by atoms with Gasteiger partial charge in [0.1, 0.15) is 11.9 Å². The van der Waals surface area contributed by atoms with E-state index in [1.807, 2.05) is 4.90 Å². The second kappa shape index (κ2) is 6.85. The summed E-state index contributed by atoms with van der Waals surface area (Å²) in [5.41, 5.74) is 9.43. The Hall–Kier alpha value is -2.31.